The third kappa shape index (κ3) is 8.09. The number of aromatic nitrogens is 2. The van der Waals surface area contributed by atoms with Crippen LogP contribution in [0.15, 0.2) is 36.5 Å². The molecule has 7 nitrogen and oxygen atoms in total. The van der Waals surface area contributed by atoms with Crippen LogP contribution in [-0.2, 0) is 4.79 Å². The van der Waals surface area contributed by atoms with Gasteiger partial charge in [0.1, 0.15) is 11.6 Å². The molecular formula is C26H32FN5O2. The number of halogens is 1. The largest absolute Gasteiger partial charge is 0.340 e. The number of terminal acetylenes is 1. The van der Waals surface area contributed by atoms with Crippen molar-refractivity contribution in [3.8, 4) is 12.3 Å². The minimum Gasteiger partial charge on any atom is -0.340 e. The summed E-state index contributed by atoms with van der Waals surface area (Å²) in [5, 5.41) is 8.11. The van der Waals surface area contributed by atoms with Crippen LogP contribution in [0.5, 0.6) is 0 Å². The number of likely N-dealkylation sites (N-methyl/N-ethyl adjacent to an activating group) is 1. The molecule has 1 amide bonds. The number of hydrogen-bond donors (Lipinski definition) is 2. The summed E-state index contributed by atoms with van der Waals surface area (Å²) in [5.74, 6) is 3.05. The van der Waals surface area contributed by atoms with Crippen LogP contribution in [0.1, 0.15) is 48.6 Å². The first-order chi connectivity index (χ1) is 16.2. The zero-order chi connectivity index (χ0) is 25.1. The van der Waals surface area contributed by atoms with Crippen molar-refractivity contribution in [3.05, 3.63) is 59.4 Å². The Balaban J connectivity index is 0.000000270. The fourth-order valence-electron chi connectivity index (χ4n) is 3.31. The molecule has 1 saturated heterocycles. The molecule has 8 heteroatoms. The molecule has 1 aromatic carbocycles. The fourth-order valence-corrected chi connectivity index (χ4v) is 3.31. The second kappa shape index (κ2) is 13.2. The number of nitrogens with one attached hydrogen (secondary N) is 2. The van der Waals surface area contributed by atoms with E-state index in [0.29, 0.717) is 36.2 Å². The van der Waals surface area contributed by atoms with Gasteiger partial charge in [0, 0.05) is 39.0 Å². The Morgan fingerprint density at radius 1 is 1.26 bits per heavy atom. The smallest absolute Gasteiger partial charge is 0.223 e. The van der Waals surface area contributed by atoms with E-state index >= 15 is 0 Å². The predicted octanol–water partition coefficient (Wildman–Crippen LogP) is 3.64. The van der Waals surface area contributed by atoms with Gasteiger partial charge >= 0.3 is 0 Å². The number of carbonyl (C=O) groups excluding carboxylic acids is 2. The SMILES string of the molecule is C#CCCC(=O)N1CCN(C)CC1.CC(C)/C(=C/C(=N)c1ccc(F)cc1)c1ncc(C=O)[nH]1. The average molecular weight is 466 g/mol. The van der Waals surface area contributed by atoms with Crippen LogP contribution in [0.4, 0.5) is 4.39 Å². The number of benzene rings is 1. The summed E-state index contributed by atoms with van der Waals surface area (Å²) in [6.07, 6.45) is 10.00. The Kier molecular flexibility index (Phi) is 10.4. The van der Waals surface area contributed by atoms with E-state index in [1.54, 1.807) is 18.2 Å². The molecule has 0 aliphatic carbocycles. The van der Waals surface area contributed by atoms with Gasteiger partial charge in [0.25, 0.3) is 0 Å². The highest BCUT2D eigenvalue weighted by Crippen LogP contribution is 2.21. The van der Waals surface area contributed by atoms with E-state index in [1.165, 1.54) is 18.3 Å². The normalized spacial score (nSPS) is 14.2. The van der Waals surface area contributed by atoms with Gasteiger partial charge in [-0.25, -0.2) is 9.37 Å². The number of imidazole rings is 1. The lowest BCUT2D eigenvalue weighted by Crippen LogP contribution is -2.47. The van der Waals surface area contributed by atoms with Gasteiger partial charge in [-0.05, 0) is 54.4 Å². The molecule has 180 valence electrons. The first kappa shape index (κ1) is 26.7. The maximum absolute atomic E-state index is 12.9. The number of allylic oxidation sites excluding steroid dienone is 2. The third-order valence-electron chi connectivity index (χ3n) is 5.41. The lowest BCUT2D eigenvalue weighted by molar-refractivity contribution is -0.132. The number of amides is 1. The molecule has 34 heavy (non-hydrogen) atoms. The Labute approximate surface area is 200 Å². The van der Waals surface area contributed by atoms with Gasteiger partial charge < -0.3 is 20.2 Å². The lowest BCUT2D eigenvalue weighted by atomic mass is 9.98. The third-order valence-corrected chi connectivity index (χ3v) is 5.41. The molecule has 2 heterocycles. The molecule has 3 rings (SSSR count). The number of aldehydes is 1. The molecule has 0 bridgehead atoms. The van der Waals surface area contributed by atoms with Gasteiger partial charge in [-0.3, -0.25) is 9.59 Å². The van der Waals surface area contributed by atoms with Crippen LogP contribution in [0.3, 0.4) is 0 Å². The van der Waals surface area contributed by atoms with Crippen LogP contribution in [0.2, 0.25) is 0 Å². The van der Waals surface area contributed by atoms with Crippen LogP contribution < -0.4 is 0 Å². The molecule has 0 unspecified atom stereocenters. The van der Waals surface area contributed by atoms with E-state index in [9.17, 15) is 14.0 Å². The number of hydrogen-bond acceptors (Lipinski definition) is 5. The Bertz CT molecular complexity index is 1040. The van der Waals surface area contributed by atoms with Crippen molar-refractivity contribution in [2.24, 2.45) is 5.92 Å². The van der Waals surface area contributed by atoms with Crippen LogP contribution in [0.25, 0.3) is 5.57 Å². The summed E-state index contributed by atoms with van der Waals surface area (Å²) in [6, 6.07) is 5.77. The van der Waals surface area contributed by atoms with Crippen molar-refractivity contribution in [2.45, 2.75) is 26.7 Å². The predicted molar refractivity (Wildman–Crippen MR) is 132 cm³/mol. The van der Waals surface area contributed by atoms with E-state index in [2.05, 4.69) is 27.8 Å². The first-order valence-corrected chi connectivity index (χ1v) is 11.2. The van der Waals surface area contributed by atoms with Crippen molar-refractivity contribution in [2.75, 3.05) is 33.2 Å². The van der Waals surface area contributed by atoms with Gasteiger partial charge in [0.05, 0.1) is 17.6 Å². The monoisotopic (exact) mass is 465 g/mol. The van der Waals surface area contributed by atoms with Gasteiger partial charge in [0.15, 0.2) is 6.29 Å². The molecule has 0 atom stereocenters. The second-order valence-electron chi connectivity index (χ2n) is 8.37. The first-order valence-electron chi connectivity index (χ1n) is 11.2. The van der Waals surface area contributed by atoms with Crippen molar-refractivity contribution in [3.63, 3.8) is 0 Å². The summed E-state index contributed by atoms with van der Waals surface area (Å²) in [4.78, 5) is 33.4. The number of aromatic amines is 1. The maximum atomic E-state index is 12.9. The summed E-state index contributed by atoms with van der Waals surface area (Å²) >= 11 is 0. The highest BCUT2D eigenvalue weighted by atomic mass is 19.1. The number of nitrogens with zero attached hydrogens (tertiary/aromatic N) is 3. The number of piperazine rings is 1. The lowest BCUT2D eigenvalue weighted by Gasteiger charge is -2.32. The minimum atomic E-state index is -0.332. The molecule has 1 fully saturated rings. The van der Waals surface area contributed by atoms with E-state index in [0.717, 1.165) is 31.8 Å². The van der Waals surface area contributed by atoms with E-state index in [1.807, 2.05) is 18.7 Å². The Morgan fingerprint density at radius 3 is 2.44 bits per heavy atom. The van der Waals surface area contributed by atoms with E-state index < -0.39 is 0 Å². The van der Waals surface area contributed by atoms with Crippen molar-refractivity contribution < 1.29 is 14.0 Å². The molecular weight excluding hydrogens is 433 g/mol. The molecule has 0 radical (unpaired) electrons. The van der Waals surface area contributed by atoms with Gasteiger partial charge in [-0.2, -0.15) is 0 Å². The molecule has 2 aromatic rings. The highest BCUT2D eigenvalue weighted by molar-refractivity contribution is 6.10. The van der Waals surface area contributed by atoms with Crippen molar-refractivity contribution in [1.82, 2.24) is 19.8 Å². The van der Waals surface area contributed by atoms with Gasteiger partial charge in [-0.1, -0.05) is 13.8 Å². The average Bonchev–Trinajstić information content (AvgIpc) is 3.31. The molecule has 2 N–H and O–H groups in total. The zero-order valence-electron chi connectivity index (χ0n) is 20.0. The van der Waals surface area contributed by atoms with E-state index in [-0.39, 0.29) is 23.4 Å². The number of H-pyrrole nitrogens is 1. The van der Waals surface area contributed by atoms with Crippen molar-refractivity contribution in [1.29, 1.82) is 5.41 Å². The van der Waals surface area contributed by atoms with Gasteiger partial charge in [0.2, 0.25) is 5.91 Å². The van der Waals surface area contributed by atoms with Crippen molar-refractivity contribution >= 4 is 23.5 Å². The molecule has 0 saturated carbocycles. The molecule has 1 aliphatic rings. The van der Waals surface area contributed by atoms with Crippen LogP contribution in [-0.4, -0.2) is 70.9 Å². The minimum absolute atomic E-state index is 0.122. The maximum Gasteiger partial charge on any atom is 0.223 e. The fraction of sp³-hybridized carbons (Fsp3) is 0.385. The highest BCUT2D eigenvalue weighted by Gasteiger charge is 2.17. The summed E-state index contributed by atoms with van der Waals surface area (Å²) < 4.78 is 12.9. The Morgan fingerprint density at radius 2 is 1.91 bits per heavy atom. The molecule has 1 aliphatic heterocycles. The number of carbonyl (C=O) groups is 2. The summed E-state index contributed by atoms with van der Waals surface area (Å²) in [5.41, 5.74) is 2.10. The standard InChI is InChI=1S/C16H16FN3O.C10H16N2O/c1-10(2)14(16-19-8-13(9-21)20-16)7-15(18)11-3-5-12(17)6-4-11;1-3-4-5-10(13)12-8-6-11(2)7-9-12/h3-10,18H,1-2H3,(H,19,20);1H,4-9H2,2H3/b14-7-,18-15?;. The van der Waals surface area contributed by atoms with Crippen LogP contribution >= 0.6 is 0 Å². The Hall–Kier alpha value is -3.57. The number of rotatable bonds is 7. The summed E-state index contributed by atoms with van der Waals surface area (Å²) in [7, 11) is 2.07. The molecule has 0 spiro atoms. The topological polar surface area (TPSA) is 93.2 Å². The second-order valence-corrected chi connectivity index (χ2v) is 8.37. The van der Waals surface area contributed by atoms with Crippen LogP contribution in [0, 0.1) is 29.5 Å². The summed E-state index contributed by atoms with van der Waals surface area (Å²) in [6.45, 7) is 7.60. The van der Waals surface area contributed by atoms with Gasteiger partial charge in [-0.15, -0.1) is 12.3 Å². The zero-order valence-corrected chi connectivity index (χ0v) is 20.0. The molecule has 1 aromatic heterocycles. The quantitative estimate of drug-likeness (QED) is 0.371. The van der Waals surface area contributed by atoms with E-state index in [4.69, 9.17) is 11.8 Å².